The number of benzene rings is 1. The Morgan fingerprint density at radius 1 is 1.22 bits per heavy atom. The summed E-state index contributed by atoms with van der Waals surface area (Å²) in [5.74, 6) is 1.15. The van der Waals surface area contributed by atoms with Crippen LogP contribution >= 0.6 is 11.6 Å². The van der Waals surface area contributed by atoms with Crippen LogP contribution in [-0.4, -0.2) is 40.6 Å². The molecule has 8 heteroatoms. The normalized spacial score (nSPS) is 11.4. The van der Waals surface area contributed by atoms with E-state index in [0.29, 0.717) is 23.1 Å². The van der Waals surface area contributed by atoms with E-state index in [0.717, 1.165) is 39.0 Å². The Hall–Kier alpha value is -4.10. The van der Waals surface area contributed by atoms with Gasteiger partial charge in [-0.25, -0.2) is 4.98 Å². The van der Waals surface area contributed by atoms with Crippen LogP contribution in [0.15, 0.2) is 78.5 Å². The van der Waals surface area contributed by atoms with E-state index in [1.165, 1.54) is 13.2 Å². The molecule has 0 unspecified atom stereocenters. The molecular formula is C29H29ClN4O3. The average molecular weight is 517 g/mol. The van der Waals surface area contributed by atoms with Gasteiger partial charge in [0.15, 0.2) is 0 Å². The van der Waals surface area contributed by atoms with E-state index < -0.39 is 0 Å². The zero-order valence-corrected chi connectivity index (χ0v) is 22.1. The van der Waals surface area contributed by atoms with Crippen molar-refractivity contribution in [2.45, 2.75) is 20.1 Å². The number of aromatic nitrogens is 3. The molecule has 0 saturated carbocycles. The van der Waals surface area contributed by atoms with Gasteiger partial charge in [-0.15, -0.1) is 0 Å². The number of aryl methyl sites for hydroxylation is 1. The molecule has 0 spiro atoms. The fourth-order valence-electron chi connectivity index (χ4n) is 4.15. The van der Waals surface area contributed by atoms with Crippen LogP contribution in [0, 0.1) is 6.92 Å². The quantitative estimate of drug-likeness (QED) is 0.274. The van der Waals surface area contributed by atoms with Crippen LogP contribution in [0.3, 0.4) is 0 Å². The average Bonchev–Trinajstić information content (AvgIpc) is 2.87. The number of fused-ring (bicyclic) bond motifs is 1. The summed E-state index contributed by atoms with van der Waals surface area (Å²) in [6.07, 6.45) is 8.72. The minimum Gasteiger partial charge on any atom is -0.497 e. The minimum atomic E-state index is -0.184. The molecule has 37 heavy (non-hydrogen) atoms. The summed E-state index contributed by atoms with van der Waals surface area (Å²) in [5.41, 5.74) is 5.05. The number of hydrogen-bond acceptors (Lipinski definition) is 6. The third-order valence-corrected chi connectivity index (χ3v) is 6.30. The maximum Gasteiger partial charge on any atom is 0.254 e. The summed E-state index contributed by atoms with van der Waals surface area (Å²) in [6, 6.07) is 11.1. The Labute approximate surface area is 221 Å². The van der Waals surface area contributed by atoms with Crippen molar-refractivity contribution >= 4 is 28.2 Å². The van der Waals surface area contributed by atoms with E-state index in [2.05, 4.69) is 17.6 Å². The molecule has 0 aliphatic carbocycles. The number of halogens is 1. The third-order valence-electron chi connectivity index (χ3n) is 5.97. The van der Waals surface area contributed by atoms with Crippen molar-refractivity contribution in [3.8, 4) is 11.5 Å². The Balaban J connectivity index is 1.70. The zero-order chi connectivity index (χ0) is 26.5. The summed E-state index contributed by atoms with van der Waals surface area (Å²) in [7, 11) is 5.52. The van der Waals surface area contributed by atoms with Crippen LogP contribution in [0.1, 0.15) is 22.4 Å². The number of ether oxygens (including phenoxy) is 2. The molecule has 0 radical (unpaired) electrons. The molecule has 0 aliphatic heterocycles. The van der Waals surface area contributed by atoms with Gasteiger partial charge in [-0.05, 0) is 36.8 Å². The highest BCUT2D eigenvalue weighted by Gasteiger charge is 2.15. The highest BCUT2D eigenvalue weighted by Crippen LogP contribution is 2.32. The van der Waals surface area contributed by atoms with Crippen LogP contribution in [-0.2, 0) is 13.2 Å². The fraction of sp³-hybridized carbons (Fsp3) is 0.207. The van der Waals surface area contributed by atoms with Gasteiger partial charge in [0.05, 0.1) is 18.7 Å². The van der Waals surface area contributed by atoms with Crippen molar-refractivity contribution in [1.29, 1.82) is 0 Å². The van der Waals surface area contributed by atoms with E-state index >= 15 is 0 Å². The van der Waals surface area contributed by atoms with Crippen molar-refractivity contribution in [2.24, 2.45) is 0 Å². The number of allylic oxidation sites excluding steroid dienone is 2. The maximum absolute atomic E-state index is 12.5. The Morgan fingerprint density at radius 2 is 2.03 bits per heavy atom. The van der Waals surface area contributed by atoms with Gasteiger partial charge in [-0.2, -0.15) is 0 Å². The predicted molar refractivity (Wildman–Crippen MR) is 148 cm³/mol. The van der Waals surface area contributed by atoms with Gasteiger partial charge in [0.25, 0.3) is 5.56 Å². The lowest BCUT2D eigenvalue weighted by Crippen LogP contribution is -2.20. The molecule has 3 aromatic heterocycles. The molecule has 0 atom stereocenters. The molecule has 3 heterocycles. The van der Waals surface area contributed by atoms with Crippen molar-refractivity contribution in [3.63, 3.8) is 0 Å². The first kappa shape index (κ1) is 26.0. The monoisotopic (exact) mass is 516 g/mol. The lowest BCUT2D eigenvalue weighted by atomic mass is 10.0. The van der Waals surface area contributed by atoms with Gasteiger partial charge in [0, 0.05) is 66.7 Å². The van der Waals surface area contributed by atoms with Crippen LogP contribution in [0.4, 0.5) is 0 Å². The smallest absolute Gasteiger partial charge is 0.254 e. The zero-order valence-electron chi connectivity index (χ0n) is 21.4. The third kappa shape index (κ3) is 5.67. The summed E-state index contributed by atoms with van der Waals surface area (Å²) >= 11 is 6.54. The summed E-state index contributed by atoms with van der Waals surface area (Å²) in [6.45, 7) is 6.31. The molecule has 0 fully saturated rings. The summed E-state index contributed by atoms with van der Waals surface area (Å²) in [5, 5.41) is 1.43. The van der Waals surface area contributed by atoms with Crippen molar-refractivity contribution < 1.29 is 9.47 Å². The fourth-order valence-corrected chi connectivity index (χ4v) is 4.38. The van der Waals surface area contributed by atoms with Crippen LogP contribution in [0.25, 0.3) is 16.6 Å². The van der Waals surface area contributed by atoms with Crippen LogP contribution in [0.2, 0.25) is 5.02 Å². The van der Waals surface area contributed by atoms with E-state index in [1.807, 2.05) is 50.2 Å². The van der Waals surface area contributed by atoms with E-state index in [9.17, 15) is 4.79 Å². The number of rotatable bonds is 9. The van der Waals surface area contributed by atoms with Gasteiger partial charge >= 0.3 is 0 Å². The first-order valence-corrected chi connectivity index (χ1v) is 12.1. The topological polar surface area (TPSA) is 69.5 Å². The van der Waals surface area contributed by atoms with Gasteiger partial charge in [-0.3, -0.25) is 9.78 Å². The van der Waals surface area contributed by atoms with E-state index in [1.54, 1.807) is 35.3 Å². The number of para-hydroxylation sites is 1. The number of methoxy groups -OCH3 is 1. The standard InChI is InChI=1S/C29H29ClN4O3/c1-6-8-26(33(3)4)23-13-19(2)32-29-22(23)9-7-10-27(29)37-18-24-20(15-31-16-25(24)30)17-34-12-11-21(36-5)14-28(34)35/h6-16H,1,17-18H2,2-5H3/b26-8-. The molecule has 0 saturated heterocycles. The van der Waals surface area contributed by atoms with Crippen LogP contribution in [0.5, 0.6) is 11.5 Å². The first-order chi connectivity index (χ1) is 17.8. The predicted octanol–water partition coefficient (Wildman–Crippen LogP) is 5.48. The van der Waals surface area contributed by atoms with Gasteiger partial charge in [0.2, 0.25) is 0 Å². The van der Waals surface area contributed by atoms with Crippen molar-refractivity contribution in [2.75, 3.05) is 21.2 Å². The van der Waals surface area contributed by atoms with E-state index in [4.69, 9.17) is 26.1 Å². The molecule has 4 aromatic rings. The molecule has 0 amide bonds. The van der Waals surface area contributed by atoms with E-state index in [-0.39, 0.29) is 12.2 Å². The highest BCUT2D eigenvalue weighted by molar-refractivity contribution is 6.31. The summed E-state index contributed by atoms with van der Waals surface area (Å²) in [4.78, 5) is 23.6. The number of hydrogen-bond donors (Lipinski definition) is 0. The molecule has 0 bridgehead atoms. The number of nitrogens with zero attached hydrogens (tertiary/aromatic N) is 4. The van der Waals surface area contributed by atoms with Gasteiger partial charge in [0.1, 0.15) is 23.6 Å². The SMILES string of the molecule is C=C/C=C(/c1cc(C)nc2c(OCc3c(Cl)cncc3Cn3ccc(OC)cc3=O)cccc12)N(C)C. The lowest BCUT2D eigenvalue weighted by Gasteiger charge is -2.20. The van der Waals surface area contributed by atoms with Crippen molar-refractivity contribution in [3.05, 3.63) is 111 Å². The first-order valence-electron chi connectivity index (χ1n) is 11.7. The van der Waals surface area contributed by atoms with Gasteiger partial charge < -0.3 is 18.9 Å². The minimum absolute atomic E-state index is 0.184. The number of pyridine rings is 3. The Bertz CT molecular complexity index is 1540. The second kappa shape index (κ2) is 11.3. The van der Waals surface area contributed by atoms with Crippen LogP contribution < -0.4 is 15.0 Å². The van der Waals surface area contributed by atoms with Crippen molar-refractivity contribution in [1.82, 2.24) is 19.4 Å². The molecule has 0 N–H and O–H groups in total. The molecular weight excluding hydrogens is 488 g/mol. The highest BCUT2D eigenvalue weighted by atomic mass is 35.5. The Morgan fingerprint density at radius 3 is 2.73 bits per heavy atom. The molecule has 1 aromatic carbocycles. The lowest BCUT2D eigenvalue weighted by molar-refractivity contribution is 0.307. The molecule has 0 aliphatic rings. The molecule has 7 nitrogen and oxygen atoms in total. The Kier molecular flexibility index (Phi) is 7.94. The van der Waals surface area contributed by atoms with Gasteiger partial charge in [-0.1, -0.05) is 36.4 Å². The summed E-state index contributed by atoms with van der Waals surface area (Å²) < 4.78 is 13.0. The largest absolute Gasteiger partial charge is 0.497 e. The second-order valence-corrected chi connectivity index (χ2v) is 9.13. The molecule has 4 rings (SSSR count). The second-order valence-electron chi connectivity index (χ2n) is 8.73. The molecule has 190 valence electrons. The maximum atomic E-state index is 12.5.